The molecule has 3 aromatic rings. The molecule has 0 spiro atoms. The smallest absolute Gasteiger partial charge is 0.355 e. The number of nitro groups is 1. The third-order valence-corrected chi connectivity index (χ3v) is 5.16. The second kappa shape index (κ2) is 7.67. The number of anilines is 2. The number of rotatable bonds is 4. The number of hydrogen-bond donors (Lipinski definition) is 0. The minimum absolute atomic E-state index is 0.130. The van der Waals surface area contributed by atoms with Gasteiger partial charge in [0.15, 0.2) is 0 Å². The number of halogens is 1. The molecule has 4 rings (SSSR count). The molecule has 9 nitrogen and oxygen atoms in total. The topological polar surface area (TPSA) is 93.2 Å². The van der Waals surface area contributed by atoms with Crippen molar-refractivity contribution in [3.8, 4) is 5.82 Å². The van der Waals surface area contributed by atoms with Gasteiger partial charge >= 0.3 is 5.69 Å². The van der Waals surface area contributed by atoms with Crippen LogP contribution in [0.2, 0.25) is 5.02 Å². The average molecular weight is 414 g/mol. The maximum Gasteiger partial charge on any atom is 0.355 e. The van der Waals surface area contributed by atoms with Crippen LogP contribution in [-0.2, 0) is 0 Å². The molecule has 0 radical (unpaired) electrons. The fourth-order valence-corrected chi connectivity index (χ4v) is 3.79. The lowest BCUT2D eigenvalue weighted by molar-refractivity contribution is -0.384. The third kappa shape index (κ3) is 3.73. The van der Waals surface area contributed by atoms with Gasteiger partial charge in [-0.1, -0.05) is 17.7 Å². The molecule has 0 saturated carbocycles. The van der Waals surface area contributed by atoms with Crippen molar-refractivity contribution in [3.05, 3.63) is 63.2 Å². The number of aryl methyl sites for hydroxylation is 2. The Labute approximate surface area is 172 Å². The zero-order chi connectivity index (χ0) is 20.5. The monoisotopic (exact) mass is 413 g/mol. The van der Waals surface area contributed by atoms with Crippen LogP contribution in [-0.4, -0.2) is 50.9 Å². The molecule has 0 unspecified atom stereocenters. The van der Waals surface area contributed by atoms with Gasteiger partial charge in [0.25, 0.3) is 0 Å². The summed E-state index contributed by atoms with van der Waals surface area (Å²) in [6.45, 7) is 6.29. The molecule has 0 atom stereocenters. The zero-order valence-corrected chi connectivity index (χ0v) is 16.9. The van der Waals surface area contributed by atoms with Crippen molar-refractivity contribution >= 4 is 28.8 Å². The van der Waals surface area contributed by atoms with Crippen LogP contribution in [0.25, 0.3) is 5.82 Å². The van der Waals surface area contributed by atoms with Crippen LogP contribution in [0.3, 0.4) is 0 Å². The van der Waals surface area contributed by atoms with Crippen LogP contribution in [0.5, 0.6) is 0 Å². The molecule has 1 aromatic carbocycles. The maximum atomic E-state index is 11.9. The van der Waals surface area contributed by atoms with E-state index in [0.29, 0.717) is 37.0 Å². The van der Waals surface area contributed by atoms with Crippen LogP contribution in [0.1, 0.15) is 11.4 Å². The van der Waals surface area contributed by atoms with Crippen molar-refractivity contribution in [2.24, 2.45) is 0 Å². The van der Waals surface area contributed by atoms with E-state index < -0.39 is 4.92 Å². The number of piperazine rings is 1. The van der Waals surface area contributed by atoms with Gasteiger partial charge in [-0.25, -0.2) is 14.6 Å². The van der Waals surface area contributed by atoms with E-state index in [2.05, 4.69) is 20.0 Å². The molecule has 1 saturated heterocycles. The molecule has 150 valence electrons. The highest BCUT2D eigenvalue weighted by molar-refractivity contribution is 6.30. The Balaban J connectivity index is 1.63. The highest BCUT2D eigenvalue weighted by Gasteiger charge is 2.31. The molecule has 1 aliphatic rings. The van der Waals surface area contributed by atoms with E-state index in [-0.39, 0.29) is 11.5 Å². The van der Waals surface area contributed by atoms with Crippen LogP contribution in [0, 0.1) is 24.0 Å². The molecule has 0 aliphatic carbocycles. The highest BCUT2D eigenvalue weighted by Crippen LogP contribution is 2.32. The van der Waals surface area contributed by atoms with Crippen molar-refractivity contribution in [3.63, 3.8) is 0 Å². The molecule has 10 heteroatoms. The fraction of sp³-hybridized carbons (Fsp3) is 0.316. The van der Waals surface area contributed by atoms with Gasteiger partial charge in [0.2, 0.25) is 11.6 Å². The standard InChI is InChI=1S/C19H20ClN7O2/c1-13-10-14(2)26(23-13)19-17(27(28)29)18(21-12-22-19)25-8-6-24(7-9-25)16-5-3-4-15(20)11-16/h3-5,10-12H,6-9H2,1-2H3. The predicted molar refractivity (Wildman–Crippen MR) is 111 cm³/mol. The van der Waals surface area contributed by atoms with Crippen LogP contribution in [0.15, 0.2) is 36.7 Å². The maximum absolute atomic E-state index is 11.9. The molecule has 0 amide bonds. The van der Waals surface area contributed by atoms with Gasteiger partial charge in [0.1, 0.15) is 6.33 Å². The number of aromatic nitrogens is 4. The molecule has 3 heterocycles. The summed E-state index contributed by atoms with van der Waals surface area (Å²) in [5, 5.41) is 17.0. The van der Waals surface area contributed by atoms with Crippen LogP contribution >= 0.6 is 11.6 Å². The first-order valence-corrected chi connectivity index (χ1v) is 9.60. The number of benzene rings is 1. The minimum Gasteiger partial charge on any atom is -0.368 e. The summed E-state index contributed by atoms with van der Waals surface area (Å²) in [7, 11) is 0. The Morgan fingerprint density at radius 2 is 1.72 bits per heavy atom. The Hall–Kier alpha value is -3.20. The van der Waals surface area contributed by atoms with Crippen molar-refractivity contribution in [2.75, 3.05) is 36.0 Å². The van der Waals surface area contributed by atoms with E-state index in [1.165, 1.54) is 11.0 Å². The molecule has 2 aromatic heterocycles. The third-order valence-electron chi connectivity index (χ3n) is 4.93. The fourth-order valence-electron chi connectivity index (χ4n) is 3.60. The predicted octanol–water partition coefficient (Wildman–Crippen LogP) is 3.17. The Morgan fingerprint density at radius 1 is 1.03 bits per heavy atom. The lowest BCUT2D eigenvalue weighted by Crippen LogP contribution is -2.47. The minimum atomic E-state index is -0.426. The van der Waals surface area contributed by atoms with E-state index in [4.69, 9.17) is 11.6 Å². The average Bonchev–Trinajstić information content (AvgIpc) is 3.05. The molecule has 1 aliphatic heterocycles. The molecule has 29 heavy (non-hydrogen) atoms. The van der Waals surface area contributed by atoms with Crippen molar-refractivity contribution in [1.82, 2.24) is 19.7 Å². The summed E-state index contributed by atoms with van der Waals surface area (Å²) in [5.74, 6) is 0.501. The summed E-state index contributed by atoms with van der Waals surface area (Å²) in [6.07, 6.45) is 1.36. The van der Waals surface area contributed by atoms with Crippen LogP contribution in [0.4, 0.5) is 17.2 Å². The van der Waals surface area contributed by atoms with Crippen molar-refractivity contribution in [1.29, 1.82) is 0 Å². The Kier molecular flexibility index (Phi) is 5.06. The molecule has 1 fully saturated rings. The second-order valence-electron chi connectivity index (χ2n) is 6.92. The van der Waals surface area contributed by atoms with E-state index in [1.54, 1.807) is 0 Å². The van der Waals surface area contributed by atoms with Crippen LogP contribution < -0.4 is 9.80 Å². The number of hydrogen-bond acceptors (Lipinski definition) is 7. The van der Waals surface area contributed by atoms with Crippen molar-refractivity contribution in [2.45, 2.75) is 13.8 Å². The van der Waals surface area contributed by atoms with Gasteiger partial charge < -0.3 is 9.80 Å². The Bertz CT molecular complexity index is 1060. The summed E-state index contributed by atoms with van der Waals surface area (Å²) in [5.41, 5.74) is 2.46. The van der Waals surface area contributed by atoms with E-state index in [1.807, 2.05) is 49.1 Å². The summed E-state index contributed by atoms with van der Waals surface area (Å²) in [4.78, 5) is 24.1. The van der Waals surface area contributed by atoms with E-state index in [0.717, 1.165) is 17.1 Å². The Morgan fingerprint density at radius 3 is 2.34 bits per heavy atom. The first-order chi connectivity index (χ1) is 13.9. The summed E-state index contributed by atoms with van der Waals surface area (Å²) >= 11 is 6.10. The van der Waals surface area contributed by atoms with E-state index in [9.17, 15) is 10.1 Å². The second-order valence-corrected chi connectivity index (χ2v) is 7.36. The number of nitrogens with zero attached hydrogens (tertiary/aromatic N) is 7. The molecule has 0 bridgehead atoms. The quantitative estimate of drug-likeness (QED) is 0.479. The lowest BCUT2D eigenvalue weighted by atomic mass is 10.2. The first-order valence-electron chi connectivity index (χ1n) is 9.22. The van der Waals surface area contributed by atoms with Gasteiger partial charge in [-0.05, 0) is 38.1 Å². The normalized spacial score (nSPS) is 14.3. The summed E-state index contributed by atoms with van der Waals surface area (Å²) < 4.78 is 1.50. The molecular formula is C19H20ClN7O2. The van der Waals surface area contributed by atoms with Gasteiger partial charge in [-0.15, -0.1) is 0 Å². The summed E-state index contributed by atoms with van der Waals surface area (Å²) in [6, 6.07) is 9.54. The van der Waals surface area contributed by atoms with Crippen molar-refractivity contribution < 1.29 is 4.92 Å². The molecule has 0 N–H and O–H groups in total. The van der Waals surface area contributed by atoms with Gasteiger partial charge in [-0.2, -0.15) is 5.10 Å². The van der Waals surface area contributed by atoms with Gasteiger partial charge in [-0.3, -0.25) is 10.1 Å². The molecular weight excluding hydrogens is 394 g/mol. The SMILES string of the molecule is Cc1cc(C)n(-c2ncnc(N3CCN(c4cccc(Cl)c4)CC3)c2[N+](=O)[O-])n1. The lowest BCUT2D eigenvalue weighted by Gasteiger charge is -2.36. The first kappa shape index (κ1) is 19.1. The van der Waals surface area contributed by atoms with E-state index >= 15 is 0 Å². The highest BCUT2D eigenvalue weighted by atomic mass is 35.5. The zero-order valence-electron chi connectivity index (χ0n) is 16.1. The van der Waals surface area contributed by atoms with Gasteiger partial charge in [0, 0.05) is 42.6 Å². The van der Waals surface area contributed by atoms with Gasteiger partial charge in [0.05, 0.1) is 10.6 Å². The largest absolute Gasteiger partial charge is 0.368 e.